The Kier molecular flexibility index (Phi) is 0.852. The van der Waals surface area contributed by atoms with Gasteiger partial charge in [0.1, 0.15) is 0 Å². The minimum Gasteiger partial charge on any atom is -0.325 e. The van der Waals surface area contributed by atoms with E-state index >= 15 is 0 Å². The molecule has 0 spiro atoms. The molecule has 0 bridgehead atoms. The molecule has 0 aromatic heterocycles. The van der Waals surface area contributed by atoms with Gasteiger partial charge in [0.25, 0.3) is 0 Å². The summed E-state index contributed by atoms with van der Waals surface area (Å²) in [5.74, 6) is 0. The van der Waals surface area contributed by atoms with E-state index in [9.17, 15) is 0 Å². The van der Waals surface area contributed by atoms with Gasteiger partial charge in [0.15, 0.2) is 0 Å². The molecule has 2 aliphatic rings. The van der Waals surface area contributed by atoms with Crippen molar-refractivity contribution in [1.29, 1.82) is 0 Å². The van der Waals surface area contributed by atoms with Crippen LogP contribution in [0, 0.1) is 5.41 Å². The quantitative estimate of drug-likeness (QED) is 0.597. The van der Waals surface area contributed by atoms with Gasteiger partial charge in [-0.15, -0.1) is 0 Å². The van der Waals surface area contributed by atoms with Crippen LogP contribution in [0.2, 0.25) is 0 Å². The van der Waals surface area contributed by atoms with E-state index in [2.05, 4.69) is 6.92 Å². The summed E-state index contributed by atoms with van der Waals surface area (Å²) in [5.41, 5.74) is 7.02. The van der Waals surface area contributed by atoms with Crippen LogP contribution in [0.3, 0.4) is 0 Å². The first-order valence-corrected chi connectivity index (χ1v) is 4.01. The minimum atomic E-state index is 0.307. The van der Waals surface area contributed by atoms with Gasteiger partial charge in [-0.05, 0) is 37.5 Å². The van der Waals surface area contributed by atoms with Crippen LogP contribution < -0.4 is 5.73 Å². The van der Waals surface area contributed by atoms with Gasteiger partial charge in [-0.1, -0.05) is 6.92 Å². The van der Waals surface area contributed by atoms with Gasteiger partial charge in [0, 0.05) is 5.54 Å². The average Bonchev–Trinajstić information content (AvgIpc) is 2.61. The van der Waals surface area contributed by atoms with E-state index in [-0.39, 0.29) is 0 Å². The van der Waals surface area contributed by atoms with Crippen molar-refractivity contribution in [3.05, 3.63) is 0 Å². The van der Waals surface area contributed by atoms with Crippen molar-refractivity contribution >= 4 is 0 Å². The molecule has 52 valence electrons. The van der Waals surface area contributed by atoms with Crippen LogP contribution in [0.1, 0.15) is 39.0 Å². The topological polar surface area (TPSA) is 26.0 Å². The summed E-state index contributed by atoms with van der Waals surface area (Å²) < 4.78 is 0. The zero-order valence-electron chi connectivity index (χ0n) is 6.11. The first-order valence-electron chi connectivity index (χ1n) is 4.01. The van der Waals surface area contributed by atoms with E-state index < -0.39 is 0 Å². The van der Waals surface area contributed by atoms with E-state index in [1.165, 1.54) is 32.1 Å². The molecular formula is C8H15N. The highest BCUT2D eigenvalue weighted by molar-refractivity contribution is 5.18. The van der Waals surface area contributed by atoms with Crippen LogP contribution in [-0.2, 0) is 0 Å². The zero-order chi connectivity index (χ0) is 6.54. The second-order valence-corrected chi connectivity index (χ2v) is 3.79. The standard InChI is InChI=1S/C8H15N/c1-2-7(3-4-7)8(9)5-6-8/h2-6,9H2,1H3. The molecule has 9 heavy (non-hydrogen) atoms. The predicted molar refractivity (Wildman–Crippen MR) is 38.1 cm³/mol. The molecule has 0 heterocycles. The first kappa shape index (κ1) is 5.72. The molecular weight excluding hydrogens is 110 g/mol. The SMILES string of the molecule is CCC1(C2(N)CC2)CC1. The van der Waals surface area contributed by atoms with Gasteiger partial charge < -0.3 is 5.73 Å². The molecule has 0 unspecified atom stereocenters. The van der Waals surface area contributed by atoms with Crippen LogP contribution in [0.15, 0.2) is 0 Å². The molecule has 1 heteroatoms. The maximum Gasteiger partial charge on any atom is 0.0212 e. The molecule has 0 amide bonds. The fourth-order valence-corrected chi connectivity index (χ4v) is 2.02. The molecule has 1 nitrogen and oxygen atoms in total. The lowest BCUT2D eigenvalue weighted by Crippen LogP contribution is -2.33. The summed E-state index contributed by atoms with van der Waals surface area (Å²) >= 11 is 0. The lowest BCUT2D eigenvalue weighted by Gasteiger charge is -2.19. The Morgan fingerprint density at radius 2 is 1.78 bits per heavy atom. The number of nitrogens with two attached hydrogens (primary N) is 1. The second-order valence-electron chi connectivity index (χ2n) is 3.79. The maximum atomic E-state index is 6.10. The molecule has 2 aliphatic carbocycles. The van der Waals surface area contributed by atoms with Crippen molar-refractivity contribution < 1.29 is 0 Å². The highest BCUT2D eigenvalue weighted by Crippen LogP contribution is 2.64. The molecule has 0 aliphatic heterocycles. The highest BCUT2D eigenvalue weighted by atomic mass is 14.9. The summed E-state index contributed by atoms with van der Waals surface area (Å²) in [4.78, 5) is 0. The Labute approximate surface area is 56.6 Å². The Morgan fingerprint density at radius 1 is 1.22 bits per heavy atom. The van der Waals surface area contributed by atoms with Crippen molar-refractivity contribution in [2.75, 3.05) is 0 Å². The van der Waals surface area contributed by atoms with Crippen molar-refractivity contribution in [3.63, 3.8) is 0 Å². The van der Waals surface area contributed by atoms with Gasteiger partial charge in [0.2, 0.25) is 0 Å². The number of rotatable bonds is 2. The smallest absolute Gasteiger partial charge is 0.0212 e. The first-order chi connectivity index (χ1) is 4.22. The summed E-state index contributed by atoms with van der Waals surface area (Å²) in [7, 11) is 0. The van der Waals surface area contributed by atoms with Crippen LogP contribution >= 0.6 is 0 Å². The van der Waals surface area contributed by atoms with Gasteiger partial charge in [0.05, 0.1) is 0 Å². The Bertz CT molecular complexity index is 132. The highest BCUT2D eigenvalue weighted by Gasteiger charge is 2.61. The molecule has 0 radical (unpaired) electrons. The monoisotopic (exact) mass is 125 g/mol. The minimum absolute atomic E-state index is 0.307. The van der Waals surface area contributed by atoms with Gasteiger partial charge in [-0.3, -0.25) is 0 Å². The fourth-order valence-electron chi connectivity index (χ4n) is 2.02. The molecule has 0 aromatic carbocycles. The third-order valence-electron chi connectivity index (χ3n) is 3.38. The van der Waals surface area contributed by atoms with E-state index in [1.54, 1.807) is 0 Å². The summed E-state index contributed by atoms with van der Waals surface area (Å²) in [6.07, 6.45) is 6.70. The van der Waals surface area contributed by atoms with Crippen molar-refractivity contribution in [2.24, 2.45) is 11.1 Å². The lowest BCUT2D eigenvalue weighted by atomic mass is 9.92. The molecule has 0 saturated heterocycles. The van der Waals surface area contributed by atoms with Crippen LogP contribution in [0.4, 0.5) is 0 Å². The Hall–Kier alpha value is -0.0400. The number of hydrogen-bond donors (Lipinski definition) is 1. The predicted octanol–water partition coefficient (Wildman–Crippen LogP) is 1.67. The van der Waals surface area contributed by atoms with Crippen LogP contribution in [0.25, 0.3) is 0 Å². The number of hydrogen-bond acceptors (Lipinski definition) is 1. The fraction of sp³-hybridized carbons (Fsp3) is 1.00. The third-order valence-corrected chi connectivity index (χ3v) is 3.38. The second kappa shape index (κ2) is 1.34. The van der Waals surface area contributed by atoms with Gasteiger partial charge in [-0.2, -0.15) is 0 Å². The zero-order valence-corrected chi connectivity index (χ0v) is 6.11. The summed E-state index contributed by atoms with van der Waals surface area (Å²) in [6, 6.07) is 0. The van der Waals surface area contributed by atoms with Crippen molar-refractivity contribution in [1.82, 2.24) is 0 Å². The summed E-state index contributed by atoms with van der Waals surface area (Å²) in [5, 5.41) is 0. The average molecular weight is 125 g/mol. The molecule has 2 rings (SSSR count). The molecule has 2 saturated carbocycles. The van der Waals surface area contributed by atoms with Crippen molar-refractivity contribution in [2.45, 2.75) is 44.6 Å². The van der Waals surface area contributed by atoms with E-state index in [1.807, 2.05) is 0 Å². The van der Waals surface area contributed by atoms with E-state index in [0.29, 0.717) is 11.0 Å². The lowest BCUT2D eigenvalue weighted by molar-refractivity contribution is 0.366. The van der Waals surface area contributed by atoms with Crippen LogP contribution in [0.5, 0.6) is 0 Å². The molecule has 0 atom stereocenters. The molecule has 2 fully saturated rings. The van der Waals surface area contributed by atoms with E-state index in [4.69, 9.17) is 5.73 Å². The molecule has 0 aromatic rings. The maximum absolute atomic E-state index is 6.10. The Balaban J connectivity index is 2.11. The molecule has 2 N–H and O–H groups in total. The summed E-state index contributed by atoms with van der Waals surface area (Å²) in [6.45, 7) is 2.28. The Morgan fingerprint density at radius 3 is 1.89 bits per heavy atom. The van der Waals surface area contributed by atoms with Gasteiger partial charge in [-0.25, -0.2) is 0 Å². The largest absolute Gasteiger partial charge is 0.325 e. The normalized spacial score (nSPS) is 34.0. The van der Waals surface area contributed by atoms with Gasteiger partial charge >= 0.3 is 0 Å². The third kappa shape index (κ3) is 0.586. The van der Waals surface area contributed by atoms with E-state index in [0.717, 1.165) is 0 Å². The van der Waals surface area contributed by atoms with Crippen LogP contribution in [-0.4, -0.2) is 5.54 Å². The van der Waals surface area contributed by atoms with Crippen molar-refractivity contribution in [3.8, 4) is 0 Å².